The van der Waals surface area contributed by atoms with Gasteiger partial charge in [-0.05, 0) is 43.9 Å². The van der Waals surface area contributed by atoms with Crippen molar-refractivity contribution in [2.24, 2.45) is 0 Å². The predicted octanol–water partition coefficient (Wildman–Crippen LogP) is 3.49. The second-order valence-electron chi connectivity index (χ2n) is 6.45. The lowest BCUT2D eigenvalue weighted by atomic mass is 10.0. The molecule has 3 rings (SSSR count). The number of nitrogens with one attached hydrogen (secondary N) is 1. The minimum absolute atomic E-state index is 0.0317. The van der Waals surface area contributed by atoms with Gasteiger partial charge in [0.2, 0.25) is 0 Å². The molecule has 24 heavy (non-hydrogen) atoms. The van der Waals surface area contributed by atoms with Gasteiger partial charge in [0.25, 0.3) is 0 Å². The molecule has 4 nitrogen and oxygen atoms in total. The number of amides is 2. The molecule has 1 atom stereocenters. The molecule has 1 fully saturated rings. The summed E-state index contributed by atoms with van der Waals surface area (Å²) in [5.41, 5.74) is 2.36. The highest BCUT2D eigenvalue weighted by atomic mass is 32.1. The van der Waals surface area contributed by atoms with Gasteiger partial charge in [-0.3, -0.25) is 0 Å². The lowest BCUT2D eigenvalue weighted by Gasteiger charge is -2.25. The Morgan fingerprint density at radius 2 is 1.92 bits per heavy atom. The van der Waals surface area contributed by atoms with Crippen LogP contribution in [-0.4, -0.2) is 49.1 Å². The highest BCUT2D eigenvalue weighted by molar-refractivity contribution is 7.10. The summed E-state index contributed by atoms with van der Waals surface area (Å²) in [7, 11) is 2.11. The van der Waals surface area contributed by atoms with E-state index in [0.29, 0.717) is 0 Å². The highest BCUT2D eigenvalue weighted by Gasteiger charge is 2.22. The van der Waals surface area contributed by atoms with Crippen LogP contribution in [0, 0.1) is 6.92 Å². The fraction of sp³-hybridized carbons (Fsp3) is 0.421. The number of benzene rings is 1. The Morgan fingerprint density at radius 1 is 1.12 bits per heavy atom. The van der Waals surface area contributed by atoms with E-state index >= 15 is 0 Å². The third-order valence-corrected chi connectivity index (χ3v) is 5.45. The number of hydrogen-bond donors (Lipinski definition) is 1. The topological polar surface area (TPSA) is 35.6 Å². The molecule has 0 radical (unpaired) electrons. The molecule has 1 aromatic heterocycles. The van der Waals surface area contributed by atoms with Crippen LogP contribution >= 0.6 is 11.3 Å². The largest absolute Gasteiger partial charge is 0.326 e. The summed E-state index contributed by atoms with van der Waals surface area (Å²) in [6.45, 7) is 5.67. The molecule has 1 N–H and O–H groups in total. The van der Waals surface area contributed by atoms with E-state index < -0.39 is 0 Å². The summed E-state index contributed by atoms with van der Waals surface area (Å²) in [4.78, 5) is 18.2. The van der Waals surface area contributed by atoms with Gasteiger partial charge in [0.15, 0.2) is 0 Å². The quantitative estimate of drug-likeness (QED) is 0.926. The van der Waals surface area contributed by atoms with Gasteiger partial charge in [-0.1, -0.05) is 35.9 Å². The molecule has 0 unspecified atom stereocenters. The number of thiophene rings is 1. The number of carbonyl (C=O) groups is 1. The first-order valence-corrected chi connectivity index (χ1v) is 9.35. The summed E-state index contributed by atoms with van der Waals surface area (Å²) >= 11 is 1.68. The second kappa shape index (κ2) is 7.81. The average Bonchev–Trinajstić information content (AvgIpc) is 3.02. The maximum Gasteiger partial charge on any atom is 0.318 e. The highest BCUT2D eigenvalue weighted by Crippen LogP contribution is 2.26. The molecule has 1 aliphatic rings. The van der Waals surface area contributed by atoms with Gasteiger partial charge in [0, 0.05) is 24.5 Å². The Morgan fingerprint density at radius 3 is 2.62 bits per heavy atom. The predicted molar refractivity (Wildman–Crippen MR) is 99.6 cm³/mol. The van der Waals surface area contributed by atoms with Crippen LogP contribution in [0.3, 0.4) is 0 Å². The summed E-state index contributed by atoms with van der Waals surface area (Å²) in [6, 6.07) is 12.5. The lowest BCUT2D eigenvalue weighted by Crippen LogP contribution is -2.43. The zero-order valence-electron chi connectivity index (χ0n) is 14.4. The van der Waals surface area contributed by atoms with Gasteiger partial charge >= 0.3 is 6.03 Å². The Kier molecular flexibility index (Phi) is 5.53. The van der Waals surface area contributed by atoms with Gasteiger partial charge in [-0.25, -0.2) is 4.79 Å². The molecular formula is C19H25N3OS. The van der Waals surface area contributed by atoms with Crippen molar-refractivity contribution in [1.82, 2.24) is 15.1 Å². The van der Waals surface area contributed by atoms with E-state index in [1.54, 1.807) is 11.3 Å². The van der Waals surface area contributed by atoms with Gasteiger partial charge < -0.3 is 15.1 Å². The average molecular weight is 343 g/mol. The lowest BCUT2D eigenvalue weighted by molar-refractivity contribution is 0.197. The Labute approximate surface area is 148 Å². The zero-order valence-corrected chi connectivity index (χ0v) is 15.2. The molecule has 0 aliphatic carbocycles. The van der Waals surface area contributed by atoms with Crippen molar-refractivity contribution < 1.29 is 4.79 Å². The zero-order chi connectivity index (χ0) is 16.9. The minimum Gasteiger partial charge on any atom is -0.326 e. The standard InChI is InChI=1S/C19H25N3OS/c1-15-6-8-16(9-7-15)18(17-5-3-14-24-17)20-19(23)22-11-4-10-21(2)12-13-22/h3,5-9,14,18H,4,10-13H2,1-2H3,(H,20,23)/t18-/m0/s1. The SMILES string of the molecule is Cc1ccc([C@H](NC(=O)N2CCCN(C)CC2)c2cccs2)cc1. The smallest absolute Gasteiger partial charge is 0.318 e. The first-order chi connectivity index (χ1) is 11.6. The number of hydrogen-bond acceptors (Lipinski definition) is 3. The third kappa shape index (κ3) is 4.16. The van der Waals surface area contributed by atoms with E-state index in [1.165, 1.54) is 10.4 Å². The van der Waals surface area contributed by atoms with Crippen molar-refractivity contribution in [3.05, 3.63) is 57.8 Å². The molecule has 2 amide bonds. The monoisotopic (exact) mass is 343 g/mol. The molecular weight excluding hydrogens is 318 g/mol. The molecule has 128 valence electrons. The Hall–Kier alpha value is -1.85. The van der Waals surface area contributed by atoms with E-state index in [9.17, 15) is 4.79 Å². The molecule has 1 aromatic carbocycles. The fourth-order valence-corrected chi connectivity index (χ4v) is 3.80. The number of rotatable bonds is 3. The molecule has 0 bridgehead atoms. The third-order valence-electron chi connectivity index (χ3n) is 4.51. The maximum absolute atomic E-state index is 12.8. The molecule has 0 spiro atoms. The van der Waals surface area contributed by atoms with E-state index in [4.69, 9.17) is 0 Å². The van der Waals surface area contributed by atoms with Crippen LogP contribution in [-0.2, 0) is 0 Å². The van der Waals surface area contributed by atoms with Crippen LogP contribution < -0.4 is 5.32 Å². The molecule has 0 saturated carbocycles. The van der Waals surface area contributed by atoms with Crippen molar-refractivity contribution in [3.63, 3.8) is 0 Å². The number of urea groups is 1. The van der Waals surface area contributed by atoms with E-state index in [0.717, 1.165) is 38.2 Å². The summed E-state index contributed by atoms with van der Waals surface area (Å²) < 4.78 is 0. The van der Waals surface area contributed by atoms with Crippen LogP contribution in [0.15, 0.2) is 41.8 Å². The first-order valence-electron chi connectivity index (χ1n) is 8.47. The van der Waals surface area contributed by atoms with Gasteiger partial charge in [-0.15, -0.1) is 11.3 Å². The molecule has 5 heteroatoms. The van der Waals surface area contributed by atoms with Crippen LogP contribution in [0.25, 0.3) is 0 Å². The number of carbonyl (C=O) groups excluding carboxylic acids is 1. The van der Waals surface area contributed by atoms with E-state index in [2.05, 4.69) is 59.9 Å². The van der Waals surface area contributed by atoms with Crippen LogP contribution in [0.4, 0.5) is 4.79 Å². The van der Waals surface area contributed by atoms with Crippen molar-refractivity contribution in [2.75, 3.05) is 33.2 Å². The summed E-state index contributed by atoms with van der Waals surface area (Å²) in [6.07, 6.45) is 1.03. The van der Waals surface area contributed by atoms with Crippen LogP contribution in [0.5, 0.6) is 0 Å². The van der Waals surface area contributed by atoms with E-state index in [1.807, 2.05) is 11.0 Å². The van der Waals surface area contributed by atoms with Crippen LogP contribution in [0.1, 0.15) is 28.5 Å². The first kappa shape index (κ1) is 17.0. The number of aryl methyl sites for hydroxylation is 1. The van der Waals surface area contributed by atoms with Crippen LogP contribution in [0.2, 0.25) is 0 Å². The summed E-state index contributed by atoms with van der Waals surface area (Å²) in [5.74, 6) is 0. The molecule has 1 saturated heterocycles. The van der Waals surface area contributed by atoms with Gasteiger partial charge in [0.1, 0.15) is 0 Å². The second-order valence-corrected chi connectivity index (χ2v) is 7.43. The van der Waals surface area contributed by atoms with Crippen molar-refractivity contribution in [2.45, 2.75) is 19.4 Å². The van der Waals surface area contributed by atoms with Crippen molar-refractivity contribution >= 4 is 17.4 Å². The Bertz CT molecular complexity index is 654. The molecule has 2 heterocycles. The van der Waals surface area contributed by atoms with Crippen molar-refractivity contribution in [3.8, 4) is 0 Å². The fourth-order valence-electron chi connectivity index (χ4n) is 3.00. The Balaban J connectivity index is 1.76. The van der Waals surface area contributed by atoms with Crippen molar-refractivity contribution in [1.29, 1.82) is 0 Å². The maximum atomic E-state index is 12.8. The van der Waals surface area contributed by atoms with Gasteiger partial charge in [0.05, 0.1) is 6.04 Å². The molecule has 1 aliphatic heterocycles. The summed E-state index contributed by atoms with van der Waals surface area (Å²) in [5, 5.41) is 5.31. The van der Waals surface area contributed by atoms with Gasteiger partial charge in [-0.2, -0.15) is 0 Å². The normalized spacial score (nSPS) is 17.3. The minimum atomic E-state index is -0.0842. The number of nitrogens with zero attached hydrogens (tertiary/aromatic N) is 2. The van der Waals surface area contributed by atoms with E-state index in [-0.39, 0.29) is 12.1 Å². The number of likely N-dealkylation sites (N-methyl/N-ethyl adjacent to an activating group) is 1. The molecule has 2 aromatic rings.